The van der Waals surface area contributed by atoms with Crippen molar-refractivity contribution in [3.05, 3.63) is 0 Å². The van der Waals surface area contributed by atoms with E-state index in [0.29, 0.717) is 6.17 Å². The molecule has 0 N–H and O–H groups in total. The fourth-order valence-electron chi connectivity index (χ4n) is 1.20. The van der Waals surface area contributed by atoms with E-state index in [2.05, 4.69) is 39.6 Å². The average molecular weight is 229 g/mol. The summed E-state index contributed by atoms with van der Waals surface area (Å²) in [5.74, 6) is 0. The third-order valence-corrected chi connectivity index (χ3v) is 3.76. The van der Waals surface area contributed by atoms with Crippen LogP contribution in [0.15, 0.2) is 0 Å². The van der Waals surface area contributed by atoms with Gasteiger partial charge in [-0.1, -0.05) is 23.9 Å². The number of hydrogen-bond donors (Lipinski definition) is 0. The van der Waals surface area contributed by atoms with Crippen LogP contribution in [-0.2, 0) is 0 Å². The van der Waals surface area contributed by atoms with Crippen molar-refractivity contribution in [2.24, 2.45) is 0 Å². The van der Waals surface area contributed by atoms with Gasteiger partial charge >= 0.3 is 0 Å². The first kappa shape index (κ1) is 12.9. The molecule has 0 aromatic carbocycles. The Kier molecular flexibility index (Phi) is 7.88. The second-order valence-corrected chi connectivity index (χ2v) is 3.95. The van der Waals surface area contributed by atoms with Crippen LogP contribution in [0.25, 0.3) is 0 Å². The molecule has 1 aliphatic rings. The van der Waals surface area contributed by atoms with Gasteiger partial charge < -0.3 is 0 Å². The molecule has 0 aromatic heterocycles. The maximum Gasteiger partial charge on any atom is 0.0789 e. The molecule has 0 saturated carbocycles. The standard InChI is InChI=1S/C6H14N2S2.CH3Cl/c1-6-7(9-2)4-5-8(6)10-3;1-2/h6H,4-5H2,1-3H3;1H3. The van der Waals surface area contributed by atoms with E-state index in [1.807, 2.05) is 23.9 Å². The van der Waals surface area contributed by atoms with Crippen molar-refractivity contribution < 1.29 is 0 Å². The summed E-state index contributed by atoms with van der Waals surface area (Å²) in [6, 6.07) is 0. The van der Waals surface area contributed by atoms with Crippen LogP contribution in [0.1, 0.15) is 6.92 Å². The maximum absolute atomic E-state index is 4.64. The van der Waals surface area contributed by atoms with Gasteiger partial charge in [0.25, 0.3) is 0 Å². The molecule has 0 atom stereocenters. The van der Waals surface area contributed by atoms with Gasteiger partial charge in [0.1, 0.15) is 0 Å². The lowest BCUT2D eigenvalue weighted by molar-refractivity contribution is 0.354. The van der Waals surface area contributed by atoms with Gasteiger partial charge in [-0.15, -0.1) is 11.6 Å². The third-order valence-electron chi connectivity index (χ3n) is 1.84. The van der Waals surface area contributed by atoms with Crippen LogP contribution in [0.5, 0.6) is 0 Å². The Hall–Kier alpha value is 0.910. The number of alkyl halides is 1. The average Bonchev–Trinajstić information content (AvgIpc) is 2.49. The number of halogens is 1. The van der Waals surface area contributed by atoms with Gasteiger partial charge in [0.05, 0.1) is 6.17 Å². The Morgan fingerprint density at radius 1 is 1.08 bits per heavy atom. The summed E-state index contributed by atoms with van der Waals surface area (Å²) in [5.41, 5.74) is 0. The molecular formula is C7H17ClN2S2. The van der Waals surface area contributed by atoms with E-state index in [-0.39, 0.29) is 0 Å². The first-order valence-corrected chi connectivity index (χ1v) is 6.91. The van der Waals surface area contributed by atoms with Crippen molar-refractivity contribution in [1.82, 2.24) is 8.61 Å². The normalized spacial score (nSPS) is 20.8. The van der Waals surface area contributed by atoms with Gasteiger partial charge in [-0.25, -0.2) is 8.61 Å². The molecule has 0 aromatic rings. The molecule has 12 heavy (non-hydrogen) atoms. The van der Waals surface area contributed by atoms with Crippen LogP contribution in [0, 0.1) is 0 Å². The predicted octanol–water partition coefficient (Wildman–Crippen LogP) is 2.36. The van der Waals surface area contributed by atoms with E-state index < -0.39 is 0 Å². The second-order valence-electron chi connectivity index (χ2n) is 2.28. The molecule has 0 radical (unpaired) electrons. The number of nitrogens with zero attached hydrogens (tertiary/aromatic N) is 2. The highest BCUT2D eigenvalue weighted by atomic mass is 35.5. The molecule has 74 valence electrons. The van der Waals surface area contributed by atoms with Crippen LogP contribution in [-0.4, -0.2) is 46.8 Å². The van der Waals surface area contributed by atoms with E-state index in [4.69, 9.17) is 0 Å². The van der Waals surface area contributed by atoms with Crippen LogP contribution < -0.4 is 0 Å². The van der Waals surface area contributed by atoms with Crippen molar-refractivity contribution >= 4 is 35.5 Å². The van der Waals surface area contributed by atoms with Gasteiger partial charge in [-0.05, 0) is 19.4 Å². The van der Waals surface area contributed by atoms with Gasteiger partial charge in [-0.3, -0.25) is 0 Å². The van der Waals surface area contributed by atoms with Crippen LogP contribution in [0.2, 0.25) is 0 Å². The molecule has 2 nitrogen and oxygen atoms in total. The molecule has 5 heteroatoms. The van der Waals surface area contributed by atoms with E-state index in [0.717, 1.165) is 0 Å². The van der Waals surface area contributed by atoms with Crippen molar-refractivity contribution in [2.75, 3.05) is 32.0 Å². The molecule has 1 heterocycles. The lowest BCUT2D eigenvalue weighted by Gasteiger charge is -2.22. The van der Waals surface area contributed by atoms with Crippen LogP contribution in [0.3, 0.4) is 0 Å². The molecule has 1 rings (SSSR count). The Bertz CT molecular complexity index is 104. The van der Waals surface area contributed by atoms with E-state index in [1.54, 1.807) is 0 Å². The lowest BCUT2D eigenvalue weighted by atomic mass is 10.6. The Morgan fingerprint density at radius 3 is 1.58 bits per heavy atom. The highest BCUT2D eigenvalue weighted by Gasteiger charge is 2.26. The molecule has 1 aliphatic heterocycles. The topological polar surface area (TPSA) is 6.48 Å². The highest BCUT2D eigenvalue weighted by Crippen LogP contribution is 2.24. The maximum atomic E-state index is 4.64. The van der Waals surface area contributed by atoms with Gasteiger partial charge in [0.2, 0.25) is 0 Å². The number of rotatable bonds is 2. The van der Waals surface area contributed by atoms with Crippen LogP contribution in [0.4, 0.5) is 0 Å². The molecule has 0 aliphatic carbocycles. The monoisotopic (exact) mass is 228 g/mol. The van der Waals surface area contributed by atoms with Gasteiger partial charge in [-0.2, -0.15) is 0 Å². The summed E-state index contributed by atoms with van der Waals surface area (Å²) in [5, 5.41) is 0. The van der Waals surface area contributed by atoms with Crippen LogP contribution >= 0.6 is 35.5 Å². The van der Waals surface area contributed by atoms with Crippen molar-refractivity contribution in [3.63, 3.8) is 0 Å². The molecular weight excluding hydrogens is 212 g/mol. The lowest BCUT2D eigenvalue weighted by Crippen LogP contribution is -2.27. The first-order chi connectivity index (χ1) is 5.79. The zero-order chi connectivity index (χ0) is 9.56. The molecule has 0 spiro atoms. The van der Waals surface area contributed by atoms with Gasteiger partial charge in [0, 0.05) is 19.5 Å². The molecule has 1 fully saturated rings. The fraction of sp³-hybridized carbons (Fsp3) is 1.00. The summed E-state index contributed by atoms with van der Waals surface area (Å²) in [7, 11) is 0. The molecule has 0 bridgehead atoms. The summed E-state index contributed by atoms with van der Waals surface area (Å²) < 4.78 is 4.80. The SMILES string of the molecule is CCl.CSN1CCN(SC)C1C. The van der Waals surface area contributed by atoms with E-state index >= 15 is 0 Å². The third kappa shape index (κ3) is 3.34. The Morgan fingerprint density at radius 2 is 1.42 bits per heavy atom. The Labute approximate surface area is 89.3 Å². The summed E-state index contributed by atoms with van der Waals surface area (Å²) >= 11 is 8.31. The zero-order valence-corrected chi connectivity index (χ0v) is 10.5. The van der Waals surface area contributed by atoms with Crippen molar-refractivity contribution in [1.29, 1.82) is 0 Å². The predicted molar refractivity (Wildman–Crippen MR) is 61.7 cm³/mol. The van der Waals surface area contributed by atoms with E-state index in [9.17, 15) is 0 Å². The quantitative estimate of drug-likeness (QED) is 0.529. The van der Waals surface area contributed by atoms with Gasteiger partial charge in [0.15, 0.2) is 0 Å². The summed E-state index contributed by atoms with van der Waals surface area (Å²) in [6.07, 6.45) is 6.35. The fourth-order valence-corrected chi connectivity index (χ4v) is 2.63. The zero-order valence-electron chi connectivity index (χ0n) is 8.08. The number of hydrogen-bond acceptors (Lipinski definition) is 4. The minimum absolute atomic E-state index is 0.602. The van der Waals surface area contributed by atoms with E-state index in [1.165, 1.54) is 19.5 Å². The highest BCUT2D eigenvalue weighted by molar-refractivity contribution is 7.97. The second kappa shape index (κ2) is 7.33. The summed E-state index contributed by atoms with van der Waals surface area (Å²) in [4.78, 5) is 0. The smallest absolute Gasteiger partial charge is 0.0789 e. The van der Waals surface area contributed by atoms with Crippen molar-refractivity contribution in [2.45, 2.75) is 13.1 Å². The van der Waals surface area contributed by atoms with Crippen molar-refractivity contribution in [3.8, 4) is 0 Å². The molecule has 0 amide bonds. The summed E-state index contributed by atoms with van der Waals surface area (Å²) in [6.45, 7) is 4.65. The largest absolute Gasteiger partial charge is 0.232 e. The minimum atomic E-state index is 0.602. The Balaban J connectivity index is 0.000000561. The minimum Gasteiger partial charge on any atom is -0.232 e. The molecule has 0 unspecified atom stereocenters. The first-order valence-electron chi connectivity index (χ1n) is 3.79. The molecule has 1 saturated heterocycles.